The molecular formula is C15H21N3O2. The molecule has 1 aromatic rings. The Hall–Kier alpha value is -1.91. The molecule has 3 atom stereocenters. The average molecular weight is 275 g/mol. The number of rotatable bonds is 3. The number of piperidine rings is 1. The van der Waals surface area contributed by atoms with Crippen molar-refractivity contribution < 1.29 is 9.90 Å². The van der Waals surface area contributed by atoms with Gasteiger partial charge in [-0.2, -0.15) is 0 Å². The first-order chi connectivity index (χ1) is 9.47. The van der Waals surface area contributed by atoms with Crippen molar-refractivity contribution in [3.63, 3.8) is 0 Å². The van der Waals surface area contributed by atoms with Gasteiger partial charge in [-0.15, -0.1) is 0 Å². The molecule has 2 rings (SSSR count). The van der Waals surface area contributed by atoms with Crippen LogP contribution < -0.4 is 4.90 Å². The summed E-state index contributed by atoms with van der Waals surface area (Å²) in [7, 11) is 0. The van der Waals surface area contributed by atoms with Gasteiger partial charge in [0.1, 0.15) is 0 Å². The lowest BCUT2D eigenvalue weighted by Gasteiger charge is -2.41. The van der Waals surface area contributed by atoms with Crippen molar-refractivity contribution in [3.8, 4) is 0 Å². The molecule has 5 heteroatoms. The molecular weight excluding hydrogens is 254 g/mol. The summed E-state index contributed by atoms with van der Waals surface area (Å²) in [5.74, 6) is 1.01. The predicted octanol–water partition coefficient (Wildman–Crippen LogP) is 2.45. The Balaban J connectivity index is 2.14. The van der Waals surface area contributed by atoms with E-state index in [0.29, 0.717) is 23.4 Å². The third-order valence-corrected chi connectivity index (χ3v) is 3.93. The molecule has 108 valence electrons. The third-order valence-electron chi connectivity index (χ3n) is 3.93. The largest absolute Gasteiger partial charge is 0.478 e. The molecule has 1 aromatic heterocycles. The highest BCUT2D eigenvalue weighted by Crippen LogP contribution is 2.29. The van der Waals surface area contributed by atoms with Crippen LogP contribution in [0.2, 0.25) is 0 Å². The van der Waals surface area contributed by atoms with E-state index in [9.17, 15) is 4.79 Å². The number of carbonyl (C=O) groups is 1. The van der Waals surface area contributed by atoms with Crippen molar-refractivity contribution in [1.82, 2.24) is 9.97 Å². The Morgan fingerprint density at radius 3 is 2.60 bits per heavy atom. The van der Waals surface area contributed by atoms with Crippen molar-refractivity contribution >= 4 is 18.0 Å². The van der Waals surface area contributed by atoms with E-state index in [1.54, 1.807) is 12.4 Å². The van der Waals surface area contributed by atoms with Crippen molar-refractivity contribution in [1.29, 1.82) is 0 Å². The second kappa shape index (κ2) is 6.03. The van der Waals surface area contributed by atoms with Crippen molar-refractivity contribution in [2.45, 2.75) is 33.2 Å². The van der Waals surface area contributed by atoms with Crippen LogP contribution in [0.4, 0.5) is 5.95 Å². The molecule has 0 aromatic carbocycles. The van der Waals surface area contributed by atoms with Gasteiger partial charge >= 0.3 is 5.97 Å². The van der Waals surface area contributed by atoms with E-state index < -0.39 is 5.97 Å². The number of aromatic nitrogens is 2. The summed E-state index contributed by atoms with van der Waals surface area (Å²) in [6, 6.07) is 0.423. The van der Waals surface area contributed by atoms with Gasteiger partial charge in [0.05, 0.1) is 0 Å². The number of nitrogens with zero attached hydrogens (tertiary/aromatic N) is 3. The van der Waals surface area contributed by atoms with Gasteiger partial charge in [-0.05, 0) is 31.3 Å². The lowest BCUT2D eigenvalue weighted by molar-refractivity contribution is -0.131. The summed E-state index contributed by atoms with van der Waals surface area (Å²) < 4.78 is 0. The smallest absolute Gasteiger partial charge is 0.328 e. The van der Waals surface area contributed by atoms with E-state index >= 15 is 0 Å². The second-order valence-electron chi connectivity index (χ2n) is 5.70. The topological polar surface area (TPSA) is 66.3 Å². The first-order valence-corrected chi connectivity index (χ1v) is 6.97. The second-order valence-corrected chi connectivity index (χ2v) is 5.70. The fourth-order valence-corrected chi connectivity index (χ4v) is 2.71. The SMILES string of the molecule is CC1CC(C)C(C)N(c2ncc(/C=C/C(=O)O)cn2)C1. The zero-order chi connectivity index (χ0) is 14.7. The van der Waals surface area contributed by atoms with Crippen LogP contribution in [0.15, 0.2) is 18.5 Å². The average Bonchev–Trinajstić information content (AvgIpc) is 2.41. The van der Waals surface area contributed by atoms with Crippen LogP contribution >= 0.6 is 0 Å². The Morgan fingerprint density at radius 2 is 2.00 bits per heavy atom. The molecule has 1 saturated heterocycles. The van der Waals surface area contributed by atoms with Gasteiger partial charge in [0.15, 0.2) is 0 Å². The summed E-state index contributed by atoms with van der Waals surface area (Å²) in [5, 5.41) is 8.59. The molecule has 0 radical (unpaired) electrons. The van der Waals surface area contributed by atoms with Gasteiger partial charge in [-0.25, -0.2) is 14.8 Å². The minimum Gasteiger partial charge on any atom is -0.478 e. The lowest BCUT2D eigenvalue weighted by Crippen LogP contribution is -2.46. The molecule has 0 aliphatic carbocycles. The third kappa shape index (κ3) is 3.35. The van der Waals surface area contributed by atoms with Crippen LogP contribution in [0.1, 0.15) is 32.8 Å². The van der Waals surface area contributed by atoms with E-state index in [-0.39, 0.29) is 0 Å². The molecule has 0 bridgehead atoms. The lowest BCUT2D eigenvalue weighted by atomic mass is 9.86. The fraction of sp³-hybridized carbons (Fsp3) is 0.533. The standard InChI is InChI=1S/C15H21N3O2/c1-10-6-11(2)12(3)18(9-10)15-16-7-13(8-17-15)4-5-14(19)20/h4-5,7-8,10-12H,6,9H2,1-3H3,(H,19,20)/b5-4+. The van der Waals surface area contributed by atoms with Gasteiger partial charge in [-0.1, -0.05) is 13.8 Å². The van der Waals surface area contributed by atoms with Gasteiger partial charge in [0, 0.05) is 36.6 Å². The molecule has 0 spiro atoms. The van der Waals surface area contributed by atoms with Gasteiger partial charge in [0.2, 0.25) is 5.95 Å². The quantitative estimate of drug-likeness (QED) is 0.858. The number of carboxylic acids is 1. The van der Waals surface area contributed by atoms with Gasteiger partial charge < -0.3 is 10.0 Å². The first kappa shape index (κ1) is 14.5. The van der Waals surface area contributed by atoms with Crippen molar-refractivity contribution in [3.05, 3.63) is 24.0 Å². The Bertz CT molecular complexity index is 498. The molecule has 3 unspecified atom stereocenters. The van der Waals surface area contributed by atoms with E-state index in [2.05, 4.69) is 35.6 Å². The highest BCUT2D eigenvalue weighted by molar-refractivity contribution is 5.85. The maximum Gasteiger partial charge on any atom is 0.328 e. The van der Waals surface area contributed by atoms with Crippen LogP contribution in [0.5, 0.6) is 0 Å². The molecule has 1 N–H and O–H groups in total. The minimum atomic E-state index is -0.971. The minimum absolute atomic E-state index is 0.423. The van der Waals surface area contributed by atoms with Crippen LogP contribution in [0.25, 0.3) is 6.08 Å². The Morgan fingerprint density at radius 1 is 1.35 bits per heavy atom. The van der Waals surface area contributed by atoms with Crippen LogP contribution in [0, 0.1) is 11.8 Å². The normalized spacial score (nSPS) is 26.9. The van der Waals surface area contributed by atoms with Gasteiger partial charge in [0.25, 0.3) is 0 Å². The van der Waals surface area contributed by atoms with E-state index in [4.69, 9.17) is 5.11 Å². The molecule has 1 fully saturated rings. The summed E-state index contributed by atoms with van der Waals surface area (Å²) >= 11 is 0. The zero-order valence-electron chi connectivity index (χ0n) is 12.2. The molecule has 5 nitrogen and oxygen atoms in total. The first-order valence-electron chi connectivity index (χ1n) is 6.97. The Labute approximate surface area is 119 Å². The fourth-order valence-electron chi connectivity index (χ4n) is 2.71. The molecule has 20 heavy (non-hydrogen) atoms. The number of hydrogen-bond acceptors (Lipinski definition) is 4. The highest BCUT2D eigenvalue weighted by atomic mass is 16.4. The molecule has 2 heterocycles. The summed E-state index contributed by atoms with van der Waals surface area (Å²) in [5.41, 5.74) is 0.696. The Kier molecular flexibility index (Phi) is 4.37. The maximum atomic E-state index is 10.5. The molecule has 0 amide bonds. The zero-order valence-corrected chi connectivity index (χ0v) is 12.2. The van der Waals surface area contributed by atoms with Crippen LogP contribution in [-0.2, 0) is 4.79 Å². The van der Waals surface area contributed by atoms with E-state index in [1.807, 2.05) is 0 Å². The predicted molar refractivity (Wildman–Crippen MR) is 78.5 cm³/mol. The summed E-state index contributed by atoms with van der Waals surface area (Å²) in [6.45, 7) is 7.69. The summed E-state index contributed by atoms with van der Waals surface area (Å²) in [6.07, 6.45) is 7.15. The number of anilines is 1. The van der Waals surface area contributed by atoms with E-state index in [1.165, 1.54) is 12.5 Å². The van der Waals surface area contributed by atoms with Gasteiger partial charge in [-0.3, -0.25) is 0 Å². The van der Waals surface area contributed by atoms with Crippen molar-refractivity contribution in [2.75, 3.05) is 11.4 Å². The molecule has 0 saturated carbocycles. The monoisotopic (exact) mass is 275 g/mol. The number of carboxylic acid groups (broad SMARTS) is 1. The highest BCUT2D eigenvalue weighted by Gasteiger charge is 2.30. The van der Waals surface area contributed by atoms with Crippen molar-refractivity contribution in [2.24, 2.45) is 11.8 Å². The number of aliphatic carboxylic acids is 1. The van der Waals surface area contributed by atoms with Crippen LogP contribution in [-0.4, -0.2) is 33.6 Å². The molecule has 1 aliphatic heterocycles. The maximum absolute atomic E-state index is 10.5. The molecule has 1 aliphatic rings. The van der Waals surface area contributed by atoms with Crippen LogP contribution in [0.3, 0.4) is 0 Å². The van der Waals surface area contributed by atoms with E-state index in [0.717, 1.165) is 18.6 Å². The summed E-state index contributed by atoms with van der Waals surface area (Å²) in [4.78, 5) is 21.4. The number of hydrogen-bond donors (Lipinski definition) is 1.